The summed E-state index contributed by atoms with van der Waals surface area (Å²) in [4.78, 5) is 15.4. The maximum Gasteiger partial charge on any atom is 0.222 e. The zero-order valence-electron chi connectivity index (χ0n) is 9.28. The Morgan fingerprint density at radius 2 is 2.33 bits per heavy atom. The largest absolute Gasteiger partial charge is 0.369 e. The average molecular weight is 269 g/mol. The van der Waals surface area contributed by atoms with Gasteiger partial charge in [0.05, 0.1) is 22.1 Å². The normalized spacial score (nSPS) is 19.4. The maximum atomic E-state index is 13.5. The lowest BCUT2D eigenvalue weighted by atomic mass is 10.2. The Kier molecular flexibility index (Phi) is 2.41. The molecule has 3 N–H and O–H groups in total. The van der Waals surface area contributed by atoms with Crippen LogP contribution < -0.4 is 11.1 Å². The molecule has 1 atom stereocenters. The third-order valence-corrected chi connectivity index (χ3v) is 3.37. The number of nitrogens with one attached hydrogen (secondary N) is 1. The summed E-state index contributed by atoms with van der Waals surface area (Å²) in [6, 6.07) is 2.59. The summed E-state index contributed by atoms with van der Waals surface area (Å²) >= 11 is 5.70. The second-order valence-corrected chi connectivity index (χ2v) is 4.66. The second-order valence-electron chi connectivity index (χ2n) is 4.26. The summed E-state index contributed by atoms with van der Waals surface area (Å²) in [5.41, 5.74) is 6.90. The van der Waals surface area contributed by atoms with Crippen LogP contribution in [0.25, 0.3) is 11.0 Å². The van der Waals surface area contributed by atoms with Crippen molar-refractivity contribution in [1.82, 2.24) is 14.9 Å². The topological polar surface area (TPSA) is 72.9 Å². The number of nitrogens with zero attached hydrogens (tertiary/aromatic N) is 2. The van der Waals surface area contributed by atoms with Crippen LogP contribution in [0.5, 0.6) is 0 Å². The van der Waals surface area contributed by atoms with Gasteiger partial charge in [0.25, 0.3) is 0 Å². The smallest absolute Gasteiger partial charge is 0.222 e. The van der Waals surface area contributed by atoms with Gasteiger partial charge in [-0.15, -0.1) is 0 Å². The Balaban J connectivity index is 2.19. The van der Waals surface area contributed by atoms with E-state index in [2.05, 4.69) is 10.3 Å². The molecule has 1 unspecified atom stereocenters. The van der Waals surface area contributed by atoms with Crippen LogP contribution >= 0.6 is 11.6 Å². The standard InChI is InChI=1S/C11H10ClFN4O/c12-6-2-8-9(3-7(6)13)17(11(14)16-8)5-1-10(18)15-4-5/h2-3,5H,1,4H2,(H2,14,16)(H,15,18). The fourth-order valence-electron chi connectivity index (χ4n) is 2.27. The Morgan fingerprint density at radius 3 is 3.00 bits per heavy atom. The van der Waals surface area contributed by atoms with Crippen molar-refractivity contribution in [2.45, 2.75) is 12.5 Å². The number of fused-ring (bicyclic) bond motifs is 1. The van der Waals surface area contributed by atoms with Gasteiger partial charge in [-0.25, -0.2) is 9.37 Å². The van der Waals surface area contributed by atoms with Crippen LogP contribution in [0.1, 0.15) is 12.5 Å². The Bertz CT molecular complexity index is 654. The molecular weight excluding hydrogens is 259 g/mol. The number of imidazole rings is 1. The van der Waals surface area contributed by atoms with Crippen LogP contribution in [0.15, 0.2) is 12.1 Å². The summed E-state index contributed by atoms with van der Waals surface area (Å²) in [6.07, 6.45) is 0.319. The molecule has 1 fully saturated rings. The van der Waals surface area contributed by atoms with Crippen molar-refractivity contribution in [2.75, 3.05) is 12.3 Å². The highest BCUT2D eigenvalue weighted by Crippen LogP contribution is 2.29. The molecule has 0 bridgehead atoms. The van der Waals surface area contributed by atoms with E-state index in [1.807, 2.05) is 0 Å². The first kappa shape index (κ1) is 11.3. The molecule has 5 nitrogen and oxygen atoms in total. The van der Waals surface area contributed by atoms with Gasteiger partial charge in [-0.3, -0.25) is 4.79 Å². The molecule has 1 aromatic carbocycles. The van der Waals surface area contributed by atoms with Crippen LogP contribution in [0, 0.1) is 5.82 Å². The molecule has 0 aliphatic carbocycles. The number of hydrogen-bond acceptors (Lipinski definition) is 3. The quantitative estimate of drug-likeness (QED) is 0.823. The van der Waals surface area contributed by atoms with Crippen LogP contribution in [0.3, 0.4) is 0 Å². The van der Waals surface area contributed by atoms with E-state index in [9.17, 15) is 9.18 Å². The highest BCUT2D eigenvalue weighted by Gasteiger charge is 2.26. The van der Waals surface area contributed by atoms with E-state index in [4.69, 9.17) is 17.3 Å². The van der Waals surface area contributed by atoms with E-state index in [-0.39, 0.29) is 22.9 Å². The number of anilines is 1. The number of aromatic nitrogens is 2. The van der Waals surface area contributed by atoms with Crippen LogP contribution in [0.2, 0.25) is 5.02 Å². The fourth-order valence-corrected chi connectivity index (χ4v) is 2.42. The summed E-state index contributed by atoms with van der Waals surface area (Å²) in [6.45, 7) is 0.471. The number of rotatable bonds is 1. The second kappa shape index (κ2) is 3.84. The van der Waals surface area contributed by atoms with Crippen molar-refractivity contribution in [1.29, 1.82) is 0 Å². The van der Waals surface area contributed by atoms with Crippen molar-refractivity contribution in [3.8, 4) is 0 Å². The lowest BCUT2D eigenvalue weighted by Crippen LogP contribution is -2.16. The number of carbonyl (C=O) groups is 1. The first-order valence-electron chi connectivity index (χ1n) is 5.45. The number of amides is 1. The monoisotopic (exact) mass is 268 g/mol. The number of halogens is 2. The van der Waals surface area contributed by atoms with Crippen LogP contribution in [0.4, 0.5) is 10.3 Å². The van der Waals surface area contributed by atoms with Crippen molar-refractivity contribution < 1.29 is 9.18 Å². The minimum Gasteiger partial charge on any atom is -0.369 e. The third kappa shape index (κ3) is 1.60. The number of nitrogens with two attached hydrogens (primary N) is 1. The fraction of sp³-hybridized carbons (Fsp3) is 0.273. The van der Waals surface area contributed by atoms with Crippen LogP contribution in [-0.4, -0.2) is 22.0 Å². The van der Waals surface area contributed by atoms with Crippen molar-refractivity contribution >= 4 is 34.5 Å². The molecule has 1 saturated heterocycles. The molecule has 1 aromatic heterocycles. The molecule has 1 aliphatic heterocycles. The van der Waals surface area contributed by atoms with Gasteiger partial charge in [-0.1, -0.05) is 11.6 Å². The minimum absolute atomic E-state index is 0.00720. The van der Waals surface area contributed by atoms with Crippen LogP contribution in [-0.2, 0) is 4.79 Å². The maximum absolute atomic E-state index is 13.5. The van der Waals surface area contributed by atoms with Crippen molar-refractivity contribution in [3.05, 3.63) is 23.0 Å². The average Bonchev–Trinajstić information content (AvgIpc) is 2.83. The third-order valence-electron chi connectivity index (χ3n) is 3.08. The molecule has 18 heavy (non-hydrogen) atoms. The van der Waals surface area contributed by atoms with Crippen molar-refractivity contribution in [2.24, 2.45) is 0 Å². The van der Waals surface area contributed by atoms with Gasteiger partial charge in [0, 0.05) is 19.0 Å². The van der Waals surface area contributed by atoms with E-state index in [1.165, 1.54) is 12.1 Å². The zero-order valence-corrected chi connectivity index (χ0v) is 10.0. The number of benzene rings is 1. The molecule has 7 heteroatoms. The number of carbonyl (C=O) groups excluding carboxylic acids is 1. The molecule has 2 aromatic rings. The molecule has 1 aliphatic rings. The molecule has 0 saturated carbocycles. The molecule has 0 radical (unpaired) electrons. The Hall–Kier alpha value is -1.82. The van der Waals surface area contributed by atoms with Gasteiger partial charge >= 0.3 is 0 Å². The van der Waals surface area contributed by atoms with E-state index >= 15 is 0 Å². The summed E-state index contributed by atoms with van der Waals surface area (Å²) in [7, 11) is 0. The summed E-state index contributed by atoms with van der Waals surface area (Å²) < 4.78 is 15.2. The van der Waals surface area contributed by atoms with E-state index in [0.29, 0.717) is 24.0 Å². The van der Waals surface area contributed by atoms with E-state index < -0.39 is 5.82 Å². The first-order chi connectivity index (χ1) is 8.56. The highest BCUT2D eigenvalue weighted by atomic mass is 35.5. The molecule has 2 heterocycles. The molecular formula is C11H10ClFN4O. The summed E-state index contributed by atoms with van der Waals surface area (Å²) in [5, 5.41) is 2.72. The summed E-state index contributed by atoms with van der Waals surface area (Å²) in [5.74, 6) is -0.313. The first-order valence-corrected chi connectivity index (χ1v) is 5.83. The Labute approximate surface area is 107 Å². The molecule has 1 amide bonds. The SMILES string of the molecule is Nc1nc2cc(Cl)c(F)cc2n1C1CNC(=O)C1. The van der Waals surface area contributed by atoms with Crippen molar-refractivity contribution in [3.63, 3.8) is 0 Å². The predicted molar refractivity (Wildman–Crippen MR) is 65.8 cm³/mol. The molecule has 0 spiro atoms. The van der Waals surface area contributed by atoms with E-state index in [1.54, 1.807) is 4.57 Å². The Morgan fingerprint density at radius 1 is 1.56 bits per heavy atom. The van der Waals surface area contributed by atoms with Gasteiger partial charge in [-0.2, -0.15) is 0 Å². The van der Waals surface area contributed by atoms with E-state index in [0.717, 1.165) is 0 Å². The molecule has 94 valence electrons. The van der Waals surface area contributed by atoms with Gasteiger partial charge in [0.2, 0.25) is 11.9 Å². The van der Waals surface area contributed by atoms with Gasteiger partial charge in [0.15, 0.2) is 0 Å². The lowest BCUT2D eigenvalue weighted by molar-refractivity contribution is -0.119. The predicted octanol–water partition coefficient (Wildman–Crippen LogP) is 1.47. The highest BCUT2D eigenvalue weighted by molar-refractivity contribution is 6.31. The number of nitrogen functional groups attached to an aromatic ring is 1. The number of hydrogen-bond donors (Lipinski definition) is 2. The van der Waals surface area contributed by atoms with Gasteiger partial charge < -0.3 is 15.6 Å². The minimum atomic E-state index is -0.525. The zero-order chi connectivity index (χ0) is 12.9. The van der Waals surface area contributed by atoms with Gasteiger partial charge in [0.1, 0.15) is 5.82 Å². The molecule has 3 rings (SSSR count). The lowest BCUT2D eigenvalue weighted by Gasteiger charge is -2.12. The van der Waals surface area contributed by atoms with Gasteiger partial charge in [-0.05, 0) is 6.07 Å².